The molecule has 0 N–H and O–H groups in total. The molecule has 0 aromatic heterocycles. The van der Waals surface area contributed by atoms with E-state index in [9.17, 15) is 4.79 Å². The van der Waals surface area contributed by atoms with Crippen LogP contribution < -0.4 is 0 Å². The number of carbonyl (C=O) groups is 1. The van der Waals surface area contributed by atoms with Gasteiger partial charge in [-0.05, 0) is 30.2 Å². The van der Waals surface area contributed by atoms with Crippen LogP contribution in [0.5, 0.6) is 0 Å². The van der Waals surface area contributed by atoms with E-state index in [2.05, 4.69) is 31.9 Å². The standard InChI is InChI=1S/C10H10Br2O2.C2H6/c1-6-3-8(12)4-7(5-11)9(6)10(13)14-2;1-2/h3-4H,5H2,1-2H3;1-2H3. The Labute approximate surface area is 114 Å². The van der Waals surface area contributed by atoms with Gasteiger partial charge in [-0.25, -0.2) is 4.79 Å². The van der Waals surface area contributed by atoms with Crippen LogP contribution in [0.15, 0.2) is 16.6 Å². The first-order valence-corrected chi connectivity index (χ1v) is 6.95. The highest BCUT2D eigenvalue weighted by Crippen LogP contribution is 2.23. The van der Waals surface area contributed by atoms with E-state index in [4.69, 9.17) is 4.74 Å². The maximum absolute atomic E-state index is 11.5. The summed E-state index contributed by atoms with van der Waals surface area (Å²) in [7, 11) is 1.39. The van der Waals surface area contributed by atoms with E-state index >= 15 is 0 Å². The summed E-state index contributed by atoms with van der Waals surface area (Å²) in [5.74, 6) is -0.288. The summed E-state index contributed by atoms with van der Waals surface area (Å²) in [4.78, 5) is 11.5. The molecule has 16 heavy (non-hydrogen) atoms. The van der Waals surface area contributed by atoms with E-state index in [0.717, 1.165) is 15.6 Å². The van der Waals surface area contributed by atoms with Crippen molar-refractivity contribution in [1.82, 2.24) is 0 Å². The maximum Gasteiger partial charge on any atom is 0.338 e. The molecule has 0 radical (unpaired) electrons. The molecular weight excluding hydrogens is 336 g/mol. The Morgan fingerprint density at radius 2 is 1.94 bits per heavy atom. The van der Waals surface area contributed by atoms with Gasteiger partial charge in [0.15, 0.2) is 0 Å². The molecular formula is C12H16Br2O2. The number of esters is 1. The van der Waals surface area contributed by atoms with E-state index in [1.807, 2.05) is 32.9 Å². The van der Waals surface area contributed by atoms with Gasteiger partial charge in [-0.3, -0.25) is 0 Å². The predicted molar refractivity (Wildman–Crippen MR) is 74.2 cm³/mol. The Hall–Kier alpha value is -0.350. The smallest absolute Gasteiger partial charge is 0.338 e. The van der Waals surface area contributed by atoms with E-state index in [0.29, 0.717) is 10.9 Å². The lowest BCUT2D eigenvalue weighted by Crippen LogP contribution is -2.07. The largest absolute Gasteiger partial charge is 0.465 e. The molecule has 0 fully saturated rings. The summed E-state index contributed by atoms with van der Waals surface area (Å²) < 4.78 is 5.69. The fourth-order valence-electron chi connectivity index (χ4n) is 1.31. The third-order valence-corrected chi connectivity index (χ3v) is 2.98. The van der Waals surface area contributed by atoms with Crippen molar-refractivity contribution in [3.05, 3.63) is 33.3 Å². The molecule has 0 saturated carbocycles. The van der Waals surface area contributed by atoms with Crippen molar-refractivity contribution in [3.63, 3.8) is 0 Å². The summed E-state index contributed by atoms with van der Waals surface area (Å²) in [6, 6.07) is 3.81. The molecule has 1 aromatic rings. The van der Waals surface area contributed by atoms with Gasteiger partial charge in [0.2, 0.25) is 0 Å². The fourth-order valence-corrected chi connectivity index (χ4v) is 2.37. The lowest BCUT2D eigenvalue weighted by Gasteiger charge is -2.09. The molecule has 1 rings (SSSR count). The molecule has 2 nitrogen and oxygen atoms in total. The van der Waals surface area contributed by atoms with Crippen molar-refractivity contribution in [2.75, 3.05) is 7.11 Å². The third kappa shape index (κ3) is 3.91. The minimum absolute atomic E-state index is 0.288. The van der Waals surface area contributed by atoms with Gasteiger partial charge >= 0.3 is 5.97 Å². The van der Waals surface area contributed by atoms with Crippen LogP contribution in [-0.4, -0.2) is 13.1 Å². The Balaban J connectivity index is 0.00000106. The van der Waals surface area contributed by atoms with Gasteiger partial charge in [0, 0.05) is 9.80 Å². The molecule has 0 bridgehead atoms. The molecule has 0 aliphatic heterocycles. The fraction of sp³-hybridized carbons (Fsp3) is 0.417. The van der Waals surface area contributed by atoms with Crippen LogP contribution in [0, 0.1) is 6.92 Å². The molecule has 0 unspecified atom stereocenters. The van der Waals surface area contributed by atoms with Crippen LogP contribution in [0.3, 0.4) is 0 Å². The first kappa shape index (κ1) is 15.7. The minimum Gasteiger partial charge on any atom is -0.465 e. The van der Waals surface area contributed by atoms with E-state index in [1.54, 1.807) is 0 Å². The van der Waals surface area contributed by atoms with Crippen molar-refractivity contribution in [1.29, 1.82) is 0 Å². The Morgan fingerprint density at radius 1 is 1.38 bits per heavy atom. The summed E-state index contributed by atoms with van der Waals surface area (Å²) in [5.41, 5.74) is 2.50. The van der Waals surface area contributed by atoms with Gasteiger partial charge in [0.1, 0.15) is 0 Å². The van der Waals surface area contributed by atoms with Crippen LogP contribution in [0.4, 0.5) is 0 Å². The molecule has 0 atom stereocenters. The quantitative estimate of drug-likeness (QED) is 0.580. The lowest BCUT2D eigenvalue weighted by atomic mass is 10.0. The van der Waals surface area contributed by atoms with Gasteiger partial charge in [-0.2, -0.15) is 0 Å². The van der Waals surface area contributed by atoms with Crippen molar-refractivity contribution in [2.24, 2.45) is 0 Å². The number of rotatable bonds is 2. The first-order chi connectivity index (χ1) is 7.60. The maximum atomic E-state index is 11.5. The molecule has 0 heterocycles. The molecule has 0 saturated heterocycles. The number of ether oxygens (including phenoxy) is 1. The molecule has 4 heteroatoms. The zero-order valence-electron chi connectivity index (χ0n) is 9.93. The molecule has 1 aromatic carbocycles. The first-order valence-electron chi connectivity index (χ1n) is 5.03. The highest BCUT2D eigenvalue weighted by Gasteiger charge is 2.14. The lowest BCUT2D eigenvalue weighted by molar-refractivity contribution is 0.0599. The second-order valence-corrected chi connectivity index (χ2v) is 4.36. The number of alkyl halides is 1. The van der Waals surface area contributed by atoms with Gasteiger partial charge in [0.25, 0.3) is 0 Å². The van der Waals surface area contributed by atoms with Gasteiger partial charge < -0.3 is 4.74 Å². The van der Waals surface area contributed by atoms with E-state index in [1.165, 1.54) is 7.11 Å². The number of aryl methyl sites for hydroxylation is 1. The molecule has 0 amide bonds. The number of carbonyl (C=O) groups excluding carboxylic acids is 1. The highest BCUT2D eigenvalue weighted by atomic mass is 79.9. The molecule has 0 spiro atoms. The average Bonchev–Trinajstić information content (AvgIpc) is 2.29. The van der Waals surface area contributed by atoms with Crippen molar-refractivity contribution in [2.45, 2.75) is 26.1 Å². The summed E-state index contributed by atoms with van der Waals surface area (Å²) in [6.45, 7) is 5.89. The number of hydrogen-bond donors (Lipinski definition) is 0. The summed E-state index contributed by atoms with van der Waals surface area (Å²) >= 11 is 6.73. The Kier molecular flexibility index (Phi) is 7.68. The molecule has 0 aliphatic carbocycles. The Bertz CT molecular complexity index is 362. The van der Waals surface area contributed by atoms with E-state index in [-0.39, 0.29) is 5.97 Å². The van der Waals surface area contributed by atoms with E-state index < -0.39 is 0 Å². The van der Waals surface area contributed by atoms with Crippen LogP contribution in [0.25, 0.3) is 0 Å². The second-order valence-electron chi connectivity index (χ2n) is 2.88. The highest BCUT2D eigenvalue weighted by molar-refractivity contribution is 9.10. The number of hydrogen-bond acceptors (Lipinski definition) is 2. The monoisotopic (exact) mass is 350 g/mol. The number of halogens is 2. The average molecular weight is 352 g/mol. The van der Waals surface area contributed by atoms with Crippen LogP contribution in [0.2, 0.25) is 0 Å². The van der Waals surface area contributed by atoms with Gasteiger partial charge in [-0.1, -0.05) is 45.7 Å². The van der Waals surface area contributed by atoms with Crippen molar-refractivity contribution >= 4 is 37.8 Å². The van der Waals surface area contributed by atoms with Crippen molar-refractivity contribution in [3.8, 4) is 0 Å². The zero-order valence-corrected chi connectivity index (χ0v) is 13.1. The van der Waals surface area contributed by atoms with Crippen LogP contribution in [0.1, 0.15) is 35.3 Å². The minimum atomic E-state index is -0.288. The third-order valence-electron chi connectivity index (χ3n) is 1.92. The van der Waals surface area contributed by atoms with Crippen LogP contribution in [-0.2, 0) is 10.1 Å². The number of methoxy groups -OCH3 is 1. The van der Waals surface area contributed by atoms with Crippen LogP contribution >= 0.6 is 31.9 Å². The molecule has 0 aliphatic rings. The Morgan fingerprint density at radius 3 is 2.38 bits per heavy atom. The van der Waals surface area contributed by atoms with Crippen molar-refractivity contribution < 1.29 is 9.53 Å². The van der Waals surface area contributed by atoms with Gasteiger partial charge in [0.05, 0.1) is 12.7 Å². The number of benzene rings is 1. The SMILES string of the molecule is CC.COC(=O)c1c(C)cc(Br)cc1CBr. The zero-order chi connectivity index (χ0) is 12.7. The van der Waals surface area contributed by atoms with Gasteiger partial charge in [-0.15, -0.1) is 0 Å². The predicted octanol–water partition coefficient (Wildman–Crippen LogP) is 4.47. The normalized spacial score (nSPS) is 9.12. The summed E-state index contributed by atoms with van der Waals surface area (Å²) in [5, 5.41) is 0.637. The summed E-state index contributed by atoms with van der Waals surface area (Å²) in [6.07, 6.45) is 0. The second kappa shape index (κ2) is 7.85. The molecule has 90 valence electrons. The topological polar surface area (TPSA) is 26.3 Å².